The second-order valence-electron chi connectivity index (χ2n) is 8.04. The van der Waals surface area contributed by atoms with Gasteiger partial charge in [0.2, 0.25) is 0 Å². The summed E-state index contributed by atoms with van der Waals surface area (Å²) in [7, 11) is 0. The van der Waals surface area contributed by atoms with Gasteiger partial charge in [0.05, 0.1) is 11.8 Å². The van der Waals surface area contributed by atoms with Crippen molar-refractivity contribution in [3.8, 4) is 0 Å². The van der Waals surface area contributed by atoms with Crippen molar-refractivity contribution in [2.45, 2.75) is 38.0 Å². The highest BCUT2D eigenvalue weighted by Gasteiger charge is 2.38. The highest BCUT2D eigenvalue weighted by atomic mass is 16.4. The Morgan fingerprint density at radius 2 is 1.04 bits per heavy atom. The Bertz CT molecular complexity index is 849. The zero-order valence-corrected chi connectivity index (χ0v) is 16.1. The average Bonchev–Trinajstić information content (AvgIpc) is 2.67. The van der Waals surface area contributed by atoms with Gasteiger partial charge in [-0.05, 0) is 27.7 Å². The largest absolute Gasteiger partial charge is 0.481 e. The van der Waals surface area contributed by atoms with Crippen LogP contribution in [-0.4, -0.2) is 11.1 Å². The quantitative estimate of drug-likeness (QED) is 0.586. The summed E-state index contributed by atoms with van der Waals surface area (Å²) in [4.78, 5) is 12.0. The van der Waals surface area contributed by atoms with Crippen LogP contribution in [0.15, 0.2) is 84.9 Å². The fourth-order valence-corrected chi connectivity index (χ4v) is 3.73. The van der Waals surface area contributed by atoms with Gasteiger partial charge in [0, 0.05) is 0 Å². The molecule has 0 bridgehead atoms. The lowest BCUT2D eigenvalue weighted by Gasteiger charge is -2.35. The van der Waals surface area contributed by atoms with Crippen LogP contribution in [-0.2, 0) is 15.6 Å². The lowest BCUT2D eigenvalue weighted by atomic mass is 9.67. The van der Waals surface area contributed by atoms with Crippen molar-refractivity contribution in [2.75, 3.05) is 0 Å². The van der Waals surface area contributed by atoms with Crippen molar-refractivity contribution >= 4 is 5.97 Å². The van der Waals surface area contributed by atoms with E-state index in [0.29, 0.717) is 0 Å². The molecule has 3 rings (SSSR count). The minimum Gasteiger partial charge on any atom is -0.481 e. The van der Waals surface area contributed by atoms with Crippen molar-refractivity contribution in [1.29, 1.82) is 0 Å². The van der Waals surface area contributed by atoms with Crippen LogP contribution in [0.4, 0.5) is 0 Å². The third-order valence-electron chi connectivity index (χ3n) is 5.19. The number of aliphatic carboxylic acids is 1. The van der Waals surface area contributed by atoms with E-state index in [1.165, 1.54) is 5.56 Å². The molecule has 0 unspecified atom stereocenters. The minimum absolute atomic E-state index is 0.00408. The number of carboxylic acid groups (broad SMARTS) is 1. The molecule has 0 aromatic heterocycles. The van der Waals surface area contributed by atoms with Gasteiger partial charge in [-0.2, -0.15) is 0 Å². The number of hydrogen-bond donors (Lipinski definition) is 1. The Balaban J connectivity index is 2.27. The SMILES string of the molecule is CC(C)(C)c1ccc(C(CC(=O)O)(c2ccccc2)c2ccccc2)cc1. The number of benzene rings is 3. The Morgan fingerprint density at radius 1 is 0.667 bits per heavy atom. The van der Waals surface area contributed by atoms with Gasteiger partial charge in [-0.15, -0.1) is 0 Å². The lowest BCUT2D eigenvalue weighted by Crippen LogP contribution is -2.32. The van der Waals surface area contributed by atoms with Gasteiger partial charge in [0.25, 0.3) is 0 Å². The predicted molar refractivity (Wildman–Crippen MR) is 110 cm³/mol. The molecule has 27 heavy (non-hydrogen) atoms. The topological polar surface area (TPSA) is 37.3 Å². The second-order valence-corrected chi connectivity index (χ2v) is 8.04. The molecule has 0 fully saturated rings. The first-order chi connectivity index (χ1) is 12.8. The fraction of sp³-hybridized carbons (Fsp3) is 0.240. The van der Waals surface area contributed by atoms with E-state index >= 15 is 0 Å². The van der Waals surface area contributed by atoms with Crippen molar-refractivity contribution < 1.29 is 9.90 Å². The van der Waals surface area contributed by atoms with E-state index in [2.05, 4.69) is 45.0 Å². The number of rotatable bonds is 5. The molecule has 0 spiro atoms. The zero-order chi connectivity index (χ0) is 19.5. The average molecular weight is 358 g/mol. The first-order valence-corrected chi connectivity index (χ1v) is 9.28. The Labute approximate surface area is 161 Å². The normalized spacial score (nSPS) is 12.0. The van der Waals surface area contributed by atoms with E-state index < -0.39 is 11.4 Å². The summed E-state index contributed by atoms with van der Waals surface area (Å²) in [5, 5.41) is 9.82. The molecule has 3 aromatic carbocycles. The molecule has 0 aliphatic rings. The maximum Gasteiger partial charge on any atom is 0.304 e. The van der Waals surface area contributed by atoms with Crippen molar-refractivity contribution in [3.63, 3.8) is 0 Å². The van der Waals surface area contributed by atoms with Crippen LogP contribution in [0, 0.1) is 0 Å². The Hall–Kier alpha value is -2.87. The molecule has 0 heterocycles. The molecular formula is C25H26O2. The summed E-state index contributed by atoms with van der Waals surface area (Å²) >= 11 is 0. The lowest BCUT2D eigenvalue weighted by molar-refractivity contribution is -0.137. The van der Waals surface area contributed by atoms with Crippen LogP contribution in [0.5, 0.6) is 0 Å². The first kappa shape index (κ1) is 18.9. The molecule has 2 heteroatoms. The highest BCUT2D eigenvalue weighted by molar-refractivity contribution is 5.73. The fourth-order valence-electron chi connectivity index (χ4n) is 3.73. The van der Waals surface area contributed by atoms with Crippen LogP contribution in [0.25, 0.3) is 0 Å². The number of carboxylic acids is 1. The smallest absolute Gasteiger partial charge is 0.304 e. The van der Waals surface area contributed by atoms with E-state index in [-0.39, 0.29) is 11.8 Å². The maximum atomic E-state index is 12.0. The molecular weight excluding hydrogens is 332 g/mol. The van der Waals surface area contributed by atoms with Crippen molar-refractivity contribution in [1.82, 2.24) is 0 Å². The molecule has 2 nitrogen and oxygen atoms in total. The molecule has 0 saturated carbocycles. The van der Waals surface area contributed by atoms with Gasteiger partial charge in [0.1, 0.15) is 0 Å². The Kier molecular flexibility index (Phi) is 5.18. The van der Waals surface area contributed by atoms with Crippen LogP contribution < -0.4 is 0 Å². The summed E-state index contributed by atoms with van der Waals surface area (Å²) in [6.07, 6.45) is -0.00408. The first-order valence-electron chi connectivity index (χ1n) is 9.28. The summed E-state index contributed by atoms with van der Waals surface area (Å²) in [6.45, 7) is 6.54. The molecule has 0 amide bonds. The highest BCUT2D eigenvalue weighted by Crippen LogP contribution is 2.42. The molecule has 1 N–H and O–H groups in total. The van der Waals surface area contributed by atoms with Gasteiger partial charge in [-0.25, -0.2) is 0 Å². The third kappa shape index (κ3) is 3.80. The summed E-state index contributed by atoms with van der Waals surface area (Å²) in [5.41, 5.74) is 3.52. The van der Waals surface area contributed by atoms with E-state index in [1.807, 2.05) is 60.7 Å². The summed E-state index contributed by atoms with van der Waals surface area (Å²) < 4.78 is 0. The third-order valence-corrected chi connectivity index (χ3v) is 5.19. The predicted octanol–water partition coefficient (Wildman–Crippen LogP) is 5.79. The van der Waals surface area contributed by atoms with E-state index in [4.69, 9.17) is 0 Å². The van der Waals surface area contributed by atoms with Crippen LogP contribution >= 0.6 is 0 Å². The van der Waals surface area contributed by atoms with Gasteiger partial charge in [-0.3, -0.25) is 4.79 Å². The van der Waals surface area contributed by atoms with Crippen LogP contribution in [0.1, 0.15) is 49.4 Å². The maximum absolute atomic E-state index is 12.0. The molecule has 3 aromatic rings. The number of hydrogen-bond acceptors (Lipinski definition) is 1. The Morgan fingerprint density at radius 3 is 1.41 bits per heavy atom. The zero-order valence-electron chi connectivity index (χ0n) is 16.1. The summed E-state index contributed by atoms with van der Waals surface area (Å²) in [6, 6.07) is 28.3. The molecule has 0 saturated heterocycles. The minimum atomic E-state index is -0.817. The summed E-state index contributed by atoms with van der Waals surface area (Å²) in [5.74, 6) is -0.817. The van der Waals surface area contributed by atoms with E-state index in [0.717, 1.165) is 16.7 Å². The van der Waals surface area contributed by atoms with Gasteiger partial charge in [0.15, 0.2) is 0 Å². The van der Waals surface area contributed by atoms with E-state index in [9.17, 15) is 9.90 Å². The van der Waals surface area contributed by atoms with Crippen LogP contribution in [0.2, 0.25) is 0 Å². The van der Waals surface area contributed by atoms with Gasteiger partial charge < -0.3 is 5.11 Å². The number of carbonyl (C=O) groups is 1. The monoisotopic (exact) mass is 358 g/mol. The molecule has 138 valence electrons. The molecule has 0 radical (unpaired) electrons. The molecule has 0 aliphatic heterocycles. The molecule has 0 aliphatic carbocycles. The molecule has 0 atom stereocenters. The standard InChI is InChI=1S/C25H26O2/c1-24(2,3)19-14-16-22(17-15-19)25(18-23(26)27,20-10-6-4-7-11-20)21-12-8-5-9-13-21/h4-17H,18H2,1-3H3,(H,26,27). The van der Waals surface area contributed by atoms with Crippen LogP contribution in [0.3, 0.4) is 0 Å². The van der Waals surface area contributed by atoms with Crippen molar-refractivity contribution in [2.24, 2.45) is 0 Å². The van der Waals surface area contributed by atoms with Crippen molar-refractivity contribution in [3.05, 3.63) is 107 Å². The van der Waals surface area contributed by atoms with Gasteiger partial charge >= 0.3 is 5.97 Å². The van der Waals surface area contributed by atoms with Gasteiger partial charge in [-0.1, -0.05) is 106 Å². The second kappa shape index (κ2) is 7.40. The van der Waals surface area contributed by atoms with E-state index in [1.54, 1.807) is 0 Å².